The minimum atomic E-state index is -0.449. The van der Waals surface area contributed by atoms with Crippen LogP contribution in [0.25, 0.3) is 0 Å². The van der Waals surface area contributed by atoms with Gasteiger partial charge in [0.1, 0.15) is 0 Å². The van der Waals surface area contributed by atoms with Gasteiger partial charge in [0.2, 0.25) is 12.5 Å². The first-order valence-electron chi connectivity index (χ1n) is 10.7. The molecule has 2 aromatic rings. The molecule has 0 bridgehead atoms. The average Bonchev–Trinajstić information content (AvgIpc) is 3.45. The molecule has 1 saturated heterocycles. The summed E-state index contributed by atoms with van der Waals surface area (Å²) in [5.41, 5.74) is 2.71. The number of methoxy groups -OCH3 is 3. The van der Waals surface area contributed by atoms with Crippen LogP contribution < -0.4 is 23.7 Å². The molecule has 2 heterocycles. The molecular weight excluding hydrogens is 428 g/mol. The lowest BCUT2D eigenvalue weighted by Crippen LogP contribution is -2.35. The summed E-state index contributed by atoms with van der Waals surface area (Å²) in [6.45, 7) is 4.55. The van der Waals surface area contributed by atoms with E-state index < -0.39 is 5.92 Å². The summed E-state index contributed by atoms with van der Waals surface area (Å²) in [7, 11) is 4.70. The van der Waals surface area contributed by atoms with Crippen molar-refractivity contribution in [2.75, 3.05) is 41.3 Å². The lowest BCUT2D eigenvalue weighted by atomic mass is 9.66. The Kier molecular flexibility index (Phi) is 5.54. The van der Waals surface area contributed by atoms with Gasteiger partial charge in [0.15, 0.2) is 23.0 Å². The minimum Gasteiger partial charge on any atom is -0.493 e. The molecule has 0 amide bonds. The standard InChI is InChI=1S/C25H26O8/c1-5-6-30-23-15-10-18-17(32-12-33-18)9-14(15)21(22-16(23)11-31-25(22)26)13-7-19(27-2)24(29-4)20(8-13)28-3/h5,7-10,16,21-23H,1,6,11-12H2,2-4H3/t16-,21+,22-,23+/m0/s1. The Balaban J connectivity index is 1.73. The molecule has 0 aromatic heterocycles. The van der Waals surface area contributed by atoms with Crippen molar-refractivity contribution in [2.24, 2.45) is 11.8 Å². The quantitative estimate of drug-likeness (QED) is 0.464. The Labute approximate surface area is 191 Å². The summed E-state index contributed by atoms with van der Waals surface area (Å²) < 4.78 is 39.7. The first-order chi connectivity index (χ1) is 16.1. The molecule has 2 aliphatic heterocycles. The van der Waals surface area contributed by atoms with Gasteiger partial charge in [-0.25, -0.2) is 0 Å². The third-order valence-electron chi connectivity index (χ3n) is 6.56. The molecule has 1 aliphatic carbocycles. The van der Waals surface area contributed by atoms with Gasteiger partial charge in [-0.15, -0.1) is 6.58 Å². The van der Waals surface area contributed by atoms with Crippen molar-refractivity contribution in [1.82, 2.24) is 0 Å². The van der Waals surface area contributed by atoms with E-state index in [1.54, 1.807) is 27.4 Å². The molecule has 0 radical (unpaired) electrons. The van der Waals surface area contributed by atoms with Crippen LogP contribution in [0.1, 0.15) is 28.7 Å². The van der Waals surface area contributed by atoms with Crippen molar-refractivity contribution < 1.29 is 38.0 Å². The number of cyclic esters (lactones) is 1. The number of carbonyl (C=O) groups excluding carboxylic acids is 1. The molecule has 0 saturated carbocycles. The molecule has 8 heteroatoms. The Hall–Kier alpha value is -3.39. The van der Waals surface area contributed by atoms with Crippen LogP contribution in [0, 0.1) is 11.8 Å². The predicted molar refractivity (Wildman–Crippen MR) is 117 cm³/mol. The van der Waals surface area contributed by atoms with Crippen LogP contribution in [0.4, 0.5) is 0 Å². The van der Waals surface area contributed by atoms with Gasteiger partial charge in [-0.05, 0) is 41.0 Å². The molecule has 2 aromatic carbocycles. The van der Waals surface area contributed by atoms with Crippen molar-refractivity contribution in [2.45, 2.75) is 12.0 Å². The monoisotopic (exact) mass is 454 g/mol. The highest BCUT2D eigenvalue weighted by atomic mass is 16.7. The second-order valence-corrected chi connectivity index (χ2v) is 8.13. The van der Waals surface area contributed by atoms with Gasteiger partial charge in [0, 0.05) is 11.8 Å². The maximum Gasteiger partial charge on any atom is 0.310 e. The van der Waals surface area contributed by atoms with Crippen molar-refractivity contribution in [3.63, 3.8) is 0 Å². The summed E-state index contributed by atoms with van der Waals surface area (Å²) in [5, 5.41) is 0. The van der Waals surface area contributed by atoms with Gasteiger partial charge in [-0.2, -0.15) is 0 Å². The summed E-state index contributed by atoms with van der Waals surface area (Å²) in [6, 6.07) is 7.66. The smallest absolute Gasteiger partial charge is 0.310 e. The van der Waals surface area contributed by atoms with Crippen LogP contribution in [-0.2, 0) is 14.3 Å². The highest BCUT2D eigenvalue weighted by Gasteiger charge is 2.53. The van der Waals surface area contributed by atoms with Crippen LogP contribution in [0.5, 0.6) is 28.7 Å². The number of esters is 1. The Morgan fingerprint density at radius 1 is 0.970 bits per heavy atom. The zero-order valence-corrected chi connectivity index (χ0v) is 18.8. The minimum absolute atomic E-state index is 0.153. The summed E-state index contributed by atoms with van der Waals surface area (Å²) in [5.74, 6) is 1.62. The maximum absolute atomic E-state index is 13.0. The van der Waals surface area contributed by atoms with E-state index >= 15 is 0 Å². The molecule has 0 N–H and O–H groups in total. The fourth-order valence-corrected chi connectivity index (χ4v) is 5.18. The highest BCUT2D eigenvalue weighted by Crippen LogP contribution is 2.56. The number of fused-ring (bicyclic) bond motifs is 3. The van der Waals surface area contributed by atoms with Gasteiger partial charge < -0.3 is 33.2 Å². The third-order valence-corrected chi connectivity index (χ3v) is 6.56. The average molecular weight is 454 g/mol. The van der Waals surface area contributed by atoms with Crippen LogP contribution in [0.2, 0.25) is 0 Å². The van der Waals surface area contributed by atoms with Crippen molar-refractivity contribution in [1.29, 1.82) is 0 Å². The second kappa shape index (κ2) is 8.51. The molecule has 33 heavy (non-hydrogen) atoms. The molecule has 1 fully saturated rings. The zero-order chi connectivity index (χ0) is 23.1. The number of ether oxygens (including phenoxy) is 7. The Morgan fingerprint density at radius 2 is 1.64 bits per heavy atom. The molecule has 0 unspecified atom stereocenters. The maximum atomic E-state index is 13.0. The number of rotatable bonds is 7. The van der Waals surface area contributed by atoms with E-state index in [-0.39, 0.29) is 37.3 Å². The van der Waals surface area contributed by atoms with E-state index in [1.807, 2.05) is 24.3 Å². The SMILES string of the molecule is C=CCO[C@@H]1c2cc3c(cc2[C@@H](c2cc(OC)c(OC)c(OC)c2)[C@H]2C(=O)OC[C@@H]21)OCO3. The fraction of sp³-hybridized carbons (Fsp3) is 0.400. The first-order valence-corrected chi connectivity index (χ1v) is 10.7. The highest BCUT2D eigenvalue weighted by molar-refractivity contribution is 5.79. The summed E-state index contributed by atoms with van der Waals surface area (Å²) in [4.78, 5) is 13.0. The molecule has 0 spiro atoms. The molecular formula is C25H26O8. The number of carbonyl (C=O) groups is 1. The van der Waals surface area contributed by atoms with E-state index in [4.69, 9.17) is 33.2 Å². The zero-order valence-electron chi connectivity index (χ0n) is 18.8. The van der Waals surface area contributed by atoms with Crippen molar-refractivity contribution in [3.8, 4) is 28.7 Å². The molecule has 5 rings (SSSR count). The van der Waals surface area contributed by atoms with Crippen LogP contribution >= 0.6 is 0 Å². The van der Waals surface area contributed by atoms with Crippen LogP contribution in [-0.4, -0.2) is 47.3 Å². The van der Waals surface area contributed by atoms with Crippen LogP contribution in [0.3, 0.4) is 0 Å². The molecule has 8 nitrogen and oxygen atoms in total. The number of hydrogen-bond donors (Lipinski definition) is 0. The van der Waals surface area contributed by atoms with Gasteiger partial charge in [0.05, 0.1) is 46.6 Å². The van der Waals surface area contributed by atoms with Gasteiger partial charge >= 0.3 is 5.97 Å². The Bertz CT molecular complexity index is 1070. The fourth-order valence-electron chi connectivity index (χ4n) is 5.18. The van der Waals surface area contributed by atoms with Crippen molar-refractivity contribution >= 4 is 5.97 Å². The number of benzene rings is 2. The van der Waals surface area contributed by atoms with E-state index in [2.05, 4.69) is 6.58 Å². The predicted octanol–water partition coefficient (Wildman–Crippen LogP) is 3.62. The Morgan fingerprint density at radius 3 is 2.24 bits per heavy atom. The van der Waals surface area contributed by atoms with Gasteiger partial charge in [-0.1, -0.05) is 6.08 Å². The topological polar surface area (TPSA) is 81.7 Å². The normalized spacial score (nSPS) is 24.5. The van der Waals surface area contributed by atoms with Gasteiger partial charge in [-0.3, -0.25) is 4.79 Å². The van der Waals surface area contributed by atoms with E-state index in [9.17, 15) is 4.79 Å². The first kappa shape index (κ1) is 21.5. The summed E-state index contributed by atoms with van der Waals surface area (Å²) >= 11 is 0. The third kappa shape index (κ3) is 3.36. The lowest BCUT2D eigenvalue weighted by Gasteiger charge is -2.39. The van der Waals surface area contributed by atoms with Crippen molar-refractivity contribution in [3.05, 3.63) is 53.6 Å². The molecule has 3 aliphatic rings. The lowest BCUT2D eigenvalue weighted by molar-refractivity contribution is -0.141. The van der Waals surface area contributed by atoms with Gasteiger partial charge in [0.25, 0.3) is 0 Å². The van der Waals surface area contributed by atoms with E-state index in [0.717, 1.165) is 16.7 Å². The number of hydrogen-bond acceptors (Lipinski definition) is 8. The van der Waals surface area contributed by atoms with Crippen LogP contribution in [0.15, 0.2) is 36.9 Å². The van der Waals surface area contributed by atoms with E-state index in [0.29, 0.717) is 35.4 Å². The second-order valence-electron chi connectivity index (χ2n) is 8.13. The summed E-state index contributed by atoms with van der Waals surface area (Å²) in [6.07, 6.45) is 1.35. The van der Waals surface area contributed by atoms with E-state index in [1.165, 1.54) is 0 Å². The molecule has 4 atom stereocenters. The molecule has 174 valence electrons. The largest absolute Gasteiger partial charge is 0.493 e.